The maximum atomic E-state index is 13.5. The lowest BCUT2D eigenvalue weighted by atomic mass is 10.1. The first kappa shape index (κ1) is 29.5. The highest BCUT2D eigenvalue weighted by Crippen LogP contribution is 2.30. The van der Waals surface area contributed by atoms with Crippen molar-refractivity contribution in [2.45, 2.75) is 45.8 Å². The number of benzene rings is 2. The molecule has 2 amide bonds. The van der Waals surface area contributed by atoms with Crippen LogP contribution in [0, 0.1) is 0 Å². The van der Waals surface area contributed by atoms with Gasteiger partial charge in [0.2, 0.25) is 21.8 Å². The molecule has 0 heterocycles. The van der Waals surface area contributed by atoms with Gasteiger partial charge in [-0.1, -0.05) is 59.4 Å². The molecule has 2 atom stereocenters. The van der Waals surface area contributed by atoms with Crippen LogP contribution in [-0.4, -0.2) is 50.0 Å². The van der Waals surface area contributed by atoms with E-state index < -0.39 is 34.4 Å². The molecule has 2 rings (SSSR count). The third-order valence-corrected chi connectivity index (χ3v) is 8.02. The summed E-state index contributed by atoms with van der Waals surface area (Å²) in [4.78, 5) is 27.7. The summed E-state index contributed by atoms with van der Waals surface area (Å²) in [5.74, 6) is -1.03. The zero-order valence-corrected chi connectivity index (χ0v) is 23.5. The minimum atomic E-state index is -3.90. The maximum Gasteiger partial charge on any atom is 0.244 e. The van der Waals surface area contributed by atoms with E-state index in [0.29, 0.717) is 22.0 Å². The van der Waals surface area contributed by atoms with Crippen molar-refractivity contribution in [3.8, 4) is 0 Å². The van der Waals surface area contributed by atoms with Crippen LogP contribution in [0.15, 0.2) is 36.4 Å². The average molecular weight is 583 g/mol. The second-order valence-electron chi connectivity index (χ2n) is 8.08. The molecule has 192 valence electrons. The summed E-state index contributed by atoms with van der Waals surface area (Å²) in [7, 11) is -3.90. The lowest BCUT2D eigenvalue weighted by Crippen LogP contribution is -2.52. The normalized spacial score (nSPS) is 13.1. The van der Waals surface area contributed by atoms with Gasteiger partial charge >= 0.3 is 0 Å². The lowest BCUT2D eigenvalue weighted by Gasteiger charge is -2.32. The number of halogens is 4. The Morgan fingerprint density at radius 1 is 0.971 bits per heavy atom. The Morgan fingerprint density at radius 3 is 2.09 bits per heavy atom. The fourth-order valence-corrected chi connectivity index (χ4v) is 4.81. The molecule has 7 nitrogen and oxygen atoms in total. The van der Waals surface area contributed by atoms with Crippen LogP contribution in [0.3, 0.4) is 0 Å². The van der Waals surface area contributed by atoms with Gasteiger partial charge in [0.15, 0.2) is 0 Å². The van der Waals surface area contributed by atoms with Crippen molar-refractivity contribution in [3.05, 3.63) is 62.1 Å². The van der Waals surface area contributed by atoms with Gasteiger partial charge in [0.25, 0.3) is 0 Å². The van der Waals surface area contributed by atoms with Crippen molar-refractivity contribution in [3.63, 3.8) is 0 Å². The summed E-state index contributed by atoms with van der Waals surface area (Å²) >= 11 is 24.7. The fraction of sp³-hybridized carbons (Fsp3) is 0.391. The Balaban J connectivity index is 2.47. The van der Waals surface area contributed by atoms with Crippen LogP contribution in [0.4, 0.5) is 5.69 Å². The third-order valence-electron chi connectivity index (χ3n) is 5.43. The van der Waals surface area contributed by atoms with Gasteiger partial charge in [0.1, 0.15) is 12.6 Å². The molecule has 0 unspecified atom stereocenters. The molecule has 0 saturated heterocycles. The van der Waals surface area contributed by atoms with Crippen molar-refractivity contribution in [1.29, 1.82) is 0 Å². The number of sulfonamides is 1. The Labute approximate surface area is 226 Å². The Bertz CT molecular complexity index is 1170. The number of rotatable bonds is 10. The maximum absolute atomic E-state index is 13.5. The highest BCUT2D eigenvalue weighted by atomic mass is 35.5. The summed E-state index contributed by atoms with van der Waals surface area (Å²) in [5.41, 5.74) is 0.593. The van der Waals surface area contributed by atoms with Gasteiger partial charge in [-0.15, -0.1) is 0 Å². The van der Waals surface area contributed by atoms with E-state index in [-0.39, 0.29) is 28.3 Å². The first-order chi connectivity index (χ1) is 16.3. The topological polar surface area (TPSA) is 86.8 Å². The molecule has 2 aromatic carbocycles. The van der Waals surface area contributed by atoms with E-state index in [2.05, 4.69) is 5.32 Å². The second kappa shape index (κ2) is 12.5. The second-order valence-corrected chi connectivity index (χ2v) is 11.6. The molecule has 0 aromatic heterocycles. The summed E-state index contributed by atoms with van der Waals surface area (Å²) in [5, 5.41) is 3.84. The van der Waals surface area contributed by atoms with Gasteiger partial charge in [0.05, 0.1) is 22.0 Å². The number of carbonyl (C=O) groups is 2. The van der Waals surface area contributed by atoms with Crippen molar-refractivity contribution in [1.82, 2.24) is 10.2 Å². The Morgan fingerprint density at radius 2 is 1.57 bits per heavy atom. The standard InChI is InChI=1S/C23H27Cl4N3O4S/c1-5-14(2)28-23(32)15(3)29(12-17-18(24)7-6-8-19(17)25)22(31)13-30(35(4,33)34)16-9-10-20(26)21(27)11-16/h6-11,14-15H,5,12-13H2,1-4H3,(H,28,32)/t14-,15+/m1/s1. The number of hydrogen-bond donors (Lipinski definition) is 1. The van der Waals surface area contributed by atoms with E-state index in [0.717, 1.165) is 10.6 Å². The van der Waals surface area contributed by atoms with Crippen LogP contribution in [0.2, 0.25) is 20.1 Å². The molecular formula is C23H27Cl4N3O4S. The van der Waals surface area contributed by atoms with E-state index in [1.54, 1.807) is 25.1 Å². The number of carbonyl (C=O) groups excluding carboxylic acids is 2. The van der Waals surface area contributed by atoms with Crippen molar-refractivity contribution in [2.24, 2.45) is 0 Å². The molecule has 0 aliphatic heterocycles. The van der Waals surface area contributed by atoms with Crippen LogP contribution in [0.5, 0.6) is 0 Å². The monoisotopic (exact) mass is 581 g/mol. The Kier molecular flexibility index (Phi) is 10.5. The zero-order valence-electron chi connectivity index (χ0n) is 19.7. The third kappa shape index (κ3) is 7.89. The van der Waals surface area contributed by atoms with Gasteiger partial charge in [-0.3, -0.25) is 13.9 Å². The molecule has 0 spiro atoms. The minimum Gasteiger partial charge on any atom is -0.352 e. The average Bonchev–Trinajstić information content (AvgIpc) is 2.77. The molecule has 0 fully saturated rings. The molecule has 1 N–H and O–H groups in total. The number of hydrogen-bond acceptors (Lipinski definition) is 4. The van der Waals surface area contributed by atoms with Crippen LogP contribution in [0.25, 0.3) is 0 Å². The molecule has 0 radical (unpaired) electrons. The van der Waals surface area contributed by atoms with Crippen molar-refractivity contribution in [2.75, 3.05) is 17.1 Å². The lowest BCUT2D eigenvalue weighted by molar-refractivity contribution is -0.139. The highest BCUT2D eigenvalue weighted by molar-refractivity contribution is 7.92. The Hall–Kier alpha value is -1.71. The first-order valence-corrected chi connectivity index (χ1v) is 14.1. The van der Waals surface area contributed by atoms with Crippen LogP contribution in [-0.2, 0) is 26.2 Å². The van der Waals surface area contributed by atoms with Gasteiger partial charge in [-0.05, 0) is 50.6 Å². The number of amides is 2. The van der Waals surface area contributed by atoms with Crippen molar-refractivity contribution < 1.29 is 18.0 Å². The van der Waals surface area contributed by atoms with E-state index in [1.807, 2.05) is 13.8 Å². The van der Waals surface area contributed by atoms with Crippen LogP contribution < -0.4 is 9.62 Å². The molecule has 0 bridgehead atoms. The zero-order chi connectivity index (χ0) is 26.5. The fourth-order valence-electron chi connectivity index (χ4n) is 3.16. The van der Waals surface area contributed by atoms with Gasteiger partial charge < -0.3 is 10.2 Å². The summed E-state index contributed by atoms with van der Waals surface area (Å²) in [6.45, 7) is 4.64. The van der Waals surface area contributed by atoms with E-state index >= 15 is 0 Å². The largest absolute Gasteiger partial charge is 0.352 e. The van der Waals surface area contributed by atoms with Gasteiger partial charge in [-0.2, -0.15) is 0 Å². The van der Waals surface area contributed by atoms with Crippen LogP contribution >= 0.6 is 46.4 Å². The first-order valence-electron chi connectivity index (χ1n) is 10.7. The predicted molar refractivity (Wildman–Crippen MR) is 143 cm³/mol. The van der Waals surface area contributed by atoms with Gasteiger partial charge in [-0.25, -0.2) is 8.42 Å². The molecule has 12 heteroatoms. The minimum absolute atomic E-state index is 0.106. The predicted octanol–water partition coefficient (Wildman–Crippen LogP) is 5.40. The van der Waals surface area contributed by atoms with E-state index in [1.165, 1.54) is 23.1 Å². The summed E-state index contributed by atoms with van der Waals surface area (Å²) in [6.07, 6.45) is 1.67. The number of nitrogens with zero attached hydrogens (tertiary/aromatic N) is 2. The number of anilines is 1. The smallest absolute Gasteiger partial charge is 0.244 e. The van der Waals surface area contributed by atoms with Gasteiger partial charge in [0, 0.05) is 28.2 Å². The molecule has 2 aromatic rings. The van der Waals surface area contributed by atoms with E-state index in [9.17, 15) is 18.0 Å². The molecule has 35 heavy (non-hydrogen) atoms. The SMILES string of the molecule is CC[C@@H](C)NC(=O)[C@H](C)N(Cc1c(Cl)cccc1Cl)C(=O)CN(c1ccc(Cl)c(Cl)c1)S(C)(=O)=O. The summed E-state index contributed by atoms with van der Waals surface area (Å²) in [6, 6.07) is 8.07. The summed E-state index contributed by atoms with van der Waals surface area (Å²) < 4.78 is 26.1. The molecule has 0 aliphatic carbocycles. The molecule has 0 aliphatic rings. The molecule has 0 saturated carbocycles. The molecular weight excluding hydrogens is 556 g/mol. The van der Waals surface area contributed by atoms with E-state index in [4.69, 9.17) is 46.4 Å². The van der Waals surface area contributed by atoms with Crippen molar-refractivity contribution >= 4 is 73.9 Å². The highest BCUT2D eigenvalue weighted by Gasteiger charge is 2.31. The number of nitrogens with one attached hydrogen (secondary N) is 1. The van der Waals surface area contributed by atoms with Crippen LogP contribution in [0.1, 0.15) is 32.8 Å². The quantitative estimate of drug-likeness (QED) is 0.406.